The fourth-order valence-electron chi connectivity index (χ4n) is 3.01. The zero-order chi connectivity index (χ0) is 17.8. The Hall–Kier alpha value is -2.79. The first-order chi connectivity index (χ1) is 12.0. The van der Waals surface area contributed by atoms with E-state index in [1.54, 1.807) is 16.9 Å². The summed E-state index contributed by atoms with van der Waals surface area (Å²) < 4.78 is 15.6. The quantitative estimate of drug-likeness (QED) is 0.877. The first kappa shape index (κ1) is 17.0. The van der Waals surface area contributed by atoms with Crippen LogP contribution in [0.3, 0.4) is 0 Å². The van der Waals surface area contributed by atoms with Crippen molar-refractivity contribution in [2.24, 2.45) is 7.05 Å². The molecule has 0 radical (unpaired) electrons. The van der Waals surface area contributed by atoms with E-state index in [1.165, 1.54) is 12.3 Å². The van der Waals surface area contributed by atoms with E-state index in [9.17, 15) is 9.18 Å². The third-order valence-corrected chi connectivity index (χ3v) is 4.24. The topological polar surface area (TPSA) is 86.8 Å². The lowest BCUT2D eigenvalue weighted by atomic mass is 10.2. The molecule has 1 amide bonds. The highest BCUT2D eigenvalue weighted by atomic mass is 19.1. The van der Waals surface area contributed by atoms with E-state index in [-0.39, 0.29) is 17.6 Å². The number of hydrogen-bond donors (Lipinski definition) is 1. The number of nitriles is 1. The molecule has 1 aliphatic heterocycles. The number of aryl methyl sites for hydroxylation is 1. The van der Waals surface area contributed by atoms with Crippen LogP contribution in [0.25, 0.3) is 0 Å². The molecule has 2 aromatic rings. The summed E-state index contributed by atoms with van der Waals surface area (Å²) in [7, 11) is 1.84. The molecule has 0 bridgehead atoms. The second-order valence-electron chi connectivity index (χ2n) is 6.19. The van der Waals surface area contributed by atoms with E-state index in [2.05, 4.69) is 15.4 Å². The van der Waals surface area contributed by atoms with Crippen molar-refractivity contribution >= 4 is 5.91 Å². The monoisotopic (exact) mass is 342 g/mol. The first-order valence-corrected chi connectivity index (χ1v) is 8.05. The summed E-state index contributed by atoms with van der Waals surface area (Å²) in [5.41, 5.74) is 1.66. The number of amides is 1. The van der Waals surface area contributed by atoms with Crippen molar-refractivity contribution < 1.29 is 9.18 Å². The van der Waals surface area contributed by atoms with E-state index in [0.717, 1.165) is 5.56 Å². The number of halogens is 1. The number of carbonyl (C=O) groups is 1. The summed E-state index contributed by atoms with van der Waals surface area (Å²) in [5, 5.41) is 15.7. The predicted octanol–water partition coefficient (Wildman–Crippen LogP) is 1.03. The van der Waals surface area contributed by atoms with Gasteiger partial charge in [0.05, 0.1) is 11.8 Å². The molecule has 0 saturated carbocycles. The van der Waals surface area contributed by atoms with Gasteiger partial charge in [0.25, 0.3) is 5.91 Å². The number of nitrogens with zero attached hydrogens (tertiary/aromatic N) is 5. The highest BCUT2D eigenvalue weighted by Gasteiger charge is 2.32. The van der Waals surface area contributed by atoms with E-state index in [1.807, 2.05) is 24.2 Å². The van der Waals surface area contributed by atoms with Gasteiger partial charge in [-0.1, -0.05) is 0 Å². The lowest BCUT2D eigenvalue weighted by molar-refractivity contribution is 0.0935. The number of pyridine rings is 1. The van der Waals surface area contributed by atoms with Crippen LogP contribution in [-0.2, 0) is 13.6 Å². The van der Waals surface area contributed by atoms with E-state index in [0.29, 0.717) is 31.6 Å². The van der Waals surface area contributed by atoms with Gasteiger partial charge in [-0.05, 0) is 18.6 Å². The number of hydrogen-bond acceptors (Lipinski definition) is 5. The molecule has 8 heteroatoms. The zero-order valence-corrected chi connectivity index (χ0v) is 13.9. The van der Waals surface area contributed by atoms with Crippen molar-refractivity contribution in [3.63, 3.8) is 0 Å². The first-order valence-electron chi connectivity index (χ1n) is 8.05. The second kappa shape index (κ2) is 7.40. The molecule has 130 valence electrons. The SMILES string of the molecule is Cn1cc(CN2C[C@@H](F)C[C@H]2CNC(=O)c2ccc(C#N)cn2)cn1. The minimum Gasteiger partial charge on any atom is -0.349 e. The molecule has 2 aromatic heterocycles. The molecular weight excluding hydrogens is 323 g/mol. The van der Waals surface area contributed by atoms with Gasteiger partial charge in [-0.2, -0.15) is 10.4 Å². The van der Waals surface area contributed by atoms with Gasteiger partial charge in [-0.15, -0.1) is 0 Å². The second-order valence-corrected chi connectivity index (χ2v) is 6.19. The number of likely N-dealkylation sites (tertiary alicyclic amines) is 1. The molecule has 1 N–H and O–H groups in total. The van der Waals surface area contributed by atoms with Crippen LogP contribution < -0.4 is 5.32 Å². The number of nitrogens with one attached hydrogen (secondary N) is 1. The van der Waals surface area contributed by atoms with Gasteiger partial charge in [0.15, 0.2) is 0 Å². The van der Waals surface area contributed by atoms with Crippen LogP contribution in [0.1, 0.15) is 28.0 Å². The molecule has 3 rings (SSSR count). The molecule has 0 aromatic carbocycles. The van der Waals surface area contributed by atoms with Crippen molar-refractivity contribution in [3.05, 3.63) is 47.5 Å². The van der Waals surface area contributed by atoms with Crippen LogP contribution in [0, 0.1) is 11.3 Å². The van der Waals surface area contributed by atoms with Crippen molar-refractivity contribution in [1.29, 1.82) is 5.26 Å². The van der Waals surface area contributed by atoms with Gasteiger partial charge in [0.1, 0.15) is 17.9 Å². The molecule has 1 fully saturated rings. The van der Waals surface area contributed by atoms with Crippen LogP contribution in [0.4, 0.5) is 4.39 Å². The molecule has 0 spiro atoms. The molecule has 1 saturated heterocycles. The minimum absolute atomic E-state index is 0.0717. The Morgan fingerprint density at radius 3 is 2.96 bits per heavy atom. The molecular formula is C17H19FN6O. The van der Waals surface area contributed by atoms with Crippen LogP contribution in [-0.4, -0.2) is 50.9 Å². The summed E-state index contributed by atoms with van der Waals surface area (Å²) >= 11 is 0. The Morgan fingerprint density at radius 1 is 1.48 bits per heavy atom. The maximum absolute atomic E-state index is 13.8. The highest BCUT2D eigenvalue weighted by Crippen LogP contribution is 2.22. The molecule has 25 heavy (non-hydrogen) atoms. The number of aromatic nitrogens is 3. The fraction of sp³-hybridized carbons (Fsp3) is 0.412. The maximum atomic E-state index is 13.8. The van der Waals surface area contributed by atoms with Crippen molar-refractivity contribution in [2.45, 2.75) is 25.2 Å². The highest BCUT2D eigenvalue weighted by molar-refractivity contribution is 5.92. The van der Waals surface area contributed by atoms with E-state index < -0.39 is 6.17 Å². The zero-order valence-electron chi connectivity index (χ0n) is 13.9. The molecule has 2 atom stereocenters. The summed E-state index contributed by atoms with van der Waals surface area (Å²) in [6.45, 7) is 1.30. The normalized spacial score (nSPS) is 20.4. The molecule has 1 aliphatic rings. The lowest BCUT2D eigenvalue weighted by Gasteiger charge is -2.23. The Balaban J connectivity index is 1.58. The largest absolute Gasteiger partial charge is 0.349 e. The minimum atomic E-state index is -0.897. The molecule has 3 heterocycles. The Bertz CT molecular complexity index is 781. The fourth-order valence-corrected chi connectivity index (χ4v) is 3.01. The molecule has 0 unspecified atom stereocenters. The molecule has 0 aliphatic carbocycles. The van der Waals surface area contributed by atoms with Crippen molar-refractivity contribution in [3.8, 4) is 6.07 Å². The van der Waals surface area contributed by atoms with Gasteiger partial charge in [-0.3, -0.25) is 14.4 Å². The van der Waals surface area contributed by atoms with Crippen LogP contribution >= 0.6 is 0 Å². The van der Waals surface area contributed by atoms with Crippen LogP contribution in [0.5, 0.6) is 0 Å². The third-order valence-electron chi connectivity index (χ3n) is 4.24. The van der Waals surface area contributed by atoms with Gasteiger partial charge in [0, 0.05) is 50.7 Å². The molecule has 7 nitrogen and oxygen atoms in total. The third kappa shape index (κ3) is 4.19. The summed E-state index contributed by atoms with van der Waals surface area (Å²) in [6.07, 6.45) is 4.52. The van der Waals surface area contributed by atoms with Gasteiger partial charge in [0.2, 0.25) is 0 Å². The summed E-state index contributed by atoms with van der Waals surface area (Å²) in [5.74, 6) is -0.326. The van der Waals surface area contributed by atoms with Gasteiger partial charge < -0.3 is 5.32 Å². The van der Waals surface area contributed by atoms with Crippen molar-refractivity contribution in [1.82, 2.24) is 25.0 Å². The standard InChI is InChI=1S/C17H19FN6O/c1-23-9-13(7-22-23)10-24-11-14(18)4-15(24)8-21-17(25)16-3-2-12(5-19)6-20-16/h2-3,6-7,9,14-15H,4,8,10-11H2,1H3,(H,21,25)/t14-,15-/m0/s1. The number of carbonyl (C=O) groups excluding carboxylic acids is 1. The lowest BCUT2D eigenvalue weighted by Crippen LogP contribution is -2.40. The average molecular weight is 342 g/mol. The van der Waals surface area contributed by atoms with Crippen molar-refractivity contribution in [2.75, 3.05) is 13.1 Å². The van der Waals surface area contributed by atoms with Gasteiger partial charge in [-0.25, -0.2) is 9.37 Å². The summed E-state index contributed by atoms with van der Waals surface area (Å²) in [6, 6.07) is 4.94. The van der Waals surface area contributed by atoms with Crippen LogP contribution in [0.15, 0.2) is 30.7 Å². The Kier molecular flexibility index (Phi) is 5.05. The van der Waals surface area contributed by atoms with E-state index >= 15 is 0 Å². The smallest absolute Gasteiger partial charge is 0.269 e. The van der Waals surface area contributed by atoms with E-state index in [4.69, 9.17) is 5.26 Å². The predicted molar refractivity (Wildman–Crippen MR) is 88.2 cm³/mol. The Morgan fingerprint density at radius 2 is 2.32 bits per heavy atom. The summed E-state index contributed by atoms with van der Waals surface area (Å²) in [4.78, 5) is 18.2. The van der Waals surface area contributed by atoms with Gasteiger partial charge >= 0.3 is 0 Å². The number of alkyl halides is 1. The maximum Gasteiger partial charge on any atom is 0.269 e. The average Bonchev–Trinajstić information content (AvgIpc) is 3.18. The Labute approximate surface area is 145 Å². The van der Waals surface area contributed by atoms with Crippen LogP contribution in [0.2, 0.25) is 0 Å². The number of rotatable bonds is 5.